The van der Waals surface area contributed by atoms with Gasteiger partial charge in [0.2, 0.25) is 11.8 Å². The minimum absolute atomic E-state index is 0.0418. The molecule has 50 heavy (non-hydrogen) atoms. The number of hydrogen-bond acceptors (Lipinski definition) is 8. The van der Waals surface area contributed by atoms with E-state index in [-0.39, 0.29) is 44.5 Å². The van der Waals surface area contributed by atoms with E-state index in [1.165, 1.54) is 0 Å². The van der Waals surface area contributed by atoms with E-state index in [4.69, 9.17) is 9.47 Å². The number of hydrogen-bond donors (Lipinski definition) is 2. The second kappa shape index (κ2) is 15.6. The summed E-state index contributed by atoms with van der Waals surface area (Å²) >= 11 is 0. The Morgan fingerprint density at radius 2 is 1.70 bits per heavy atom. The van der Waals surface area contributed by atoms with Crippen molar-refractivity contribution in [2.24, 2.45) is 11.8 Å². The highest BCUT2D eigenvalue weighted by Gasteiger charge is 2.73. The molecule has 11 nitrogen and oxygen atoms in total. The van der Waals surface area contributed by atoms with E-state index in [2.05, 4.69) is 24.1 Å². The number of amides is 3. The lowest BCUT2D eigenvalue weighted by molar-refractivity contribution is -0.145. The average Bonchev–Trinajstić information content (AvgIpc) is 3.78. The zero-order chi connectivity index (χ0) is 35.3. The summed E-state index contributed by atoms with van der Waals surface area (Å²) in [6.45, 7) is 6.34. The summed E-state index contributed by atoms with van der Waals surface area (Å²) in [5, 5.41) is 12.5. The average molecular weight is 685 g/mol. The summed E-state index contributed by atoms with van der Waals surface area (Å²) < 4.78 is 12.3. The molecule has 6 atom stereocenters. The van der Waals surface area contributed by atoms with Crippen molar-refractivity contribution in [2.75, 3.05) is 49.2 Å². The third-order valence-corrected chi connectivity index (χ3v) is 10.4. The van der Waals surface area contributed by atoms with Gasteiger partial charge in [0.25, 0.3) is 5.91 Å². The fourth-order valence-corrected chi connectivity index (χ4v) is 7.88. The topological polar surface area (TPSA) is 129 Å². The highest BCUT2D eigenvalue weighted by Crippen LogP contribution is 2.55. The van der Waals surface area contributed by atoms with Crippen LogP contribution < -0.4 is 15.1 Å². The van der Waals surface area contributed by atoms with Crippen LogP contribution in [-0.2, 0) is 28.7 Å². The molecule has 4 heterocycles. The number of carbonyl (C=O) groups excluding carboxylic acids is 4. The van der Waals surface area contributed by atoms with Gasteiger partial charge < -0.3 is 34.6 Å². The Bertz CT molecular complexity index is 1590. The lowest BCUT2D eigenvalue weighted by Gasteiger charge is -2.36. The van der Waals surface area contributed by atoms with Crippen molar-refractivity contribution in [1.82, 2.24) is 10.2 Å². The van der Waals surface area contributed by atoms with Crippen molar-refractivity contribution in [3.63, 3.8) is 0 Å². The molecule has 0 aromatic heterocycles. The standard InChI is InChI=1S/C39H48N4O7/c1-3-41(4-2)28-17-19-29(20-18-28)42-23-11-6-10-16-32(45)49-26-30(27-14-8-5-9-15-27)40-36(46)33-31-21-22-39(50-31)34(33)37(47)43(35(39)38(42)48)24-12-7-13-25-44/h5-6,8-9,11,14-15,17-22,30-31,33-35,44H,3-4,7,10,12-13,16,23-26H2,1-2H3,(H,40,46)/b11-6-/t30-,31-,33+,34+,35-,39+/m0/s1. The number of esters is 1. The lowest BCUT2D eigenvalue weighted by Crippen LogP contribution is -2.56. The minimum Gasteiger partial charge on any atom is -0.463 e. The van der Waals surface area contributed by atoms with Crippen LogP contribution in [0.25, 0.3) is 0 Å². The van der Waals surface area contributed by atoms with Crippen molar-refractivity contribution in [2.45, 2.75) is 69.7 Å². The zero-order valence-corrected chi connectivity index (χ0v) is 28.9. The number of aliphatic hydroxyl groups is 1. The van der Waals surface area contributed by atoms with E-state index in [1.54, 1.807) is 15.9 Å². The van der Waals surface area contributed by atoms with Crippen LogP contribution in [0.3, 0.4) is 0 Å². The van der Waals surface area contributed by atoms with E-state index < -0.39 is 47.5 Å². The Morgan fingerprint density at radius 3 is 2.42 bits per heavy atom. The first-order chi connectivity index (χ1) is 24.3. The Morgan fingerprint density at radius 1 is 0.940 bits per heavy atom. The molecule has 4 aliphatic heterocycles. The van der Waals surface area contributed by atoms with Gasteiger partial charge in [0.05, 0.1) is 24.0 Å². The van der Waals surface area contributed by atoms with Crippen LogP contribution >= 0.6 is 0 Å². The molecule has 0 radical (unpaired) electrons. The number of carbonyl (C=O) groups is 4. The summed E-state index contributed by atoms with van der Waals surface area (Å²) in [6.07, 6.45) is 9.05. The number of aliphatic hydroxyl groups excluding tert-OH is 1. The summed E-state index contributed by atoms with van der Waals surface area (Å²) in [6, 6.07) is 15.5. The number of unbranched alkanes of at least 4 members (excludes halogenated alkanes) is 2. The van der Waals surface area contributed by atoms with Crippen LogP contribution in [-0.4, -0.2) is 90.8 Å². The van der Waals surface area contributed by atoms with E-state index >= 15 is 4.79 Å². The molecule has 0 unspecified atom stereocenters. The van der Waals surface area contributed by atoms with Crippen LogP contribution in [0.5, 0.6) is 0 Å². The maximum absolute atomic E-state index is 15.0. The Labute approximate surface area is 293 Å². The zero-order valence-electron chi connectivity index (χ0n) is 28.9. The van der Waals surface area contributed by atoms with Gasteiger partial charge in [-0.15, -0.1) is 0 Å². The predicted octanol–water partition coefficient (Wildman–Crippen LogP) is 3.93. The van der Waals surface area contributed by atoms with E-state index in [0.717, 1.165) is 24.3 Å². The predicted molar refractivity (Wildman–Crippen MR) is 189 cm³/mol. The van der Waals surface area contributed by atoms with E-state index in [9.17, 15) is 19.5 Å². The first-order valence-corrected chi connectivity index (χ1v) is 17.9. The van der Waals surface area contributed by atoms with Gasteiger partial charge in [-0.1, -0.05) is 54.6 Å². The molecule has 266 valence electrons. The molecule has 2 aromatic rings. The number of likely N-dealkylation sites (tertiary alicyclic amines) is 1. The van der Waals surface area contributed by atoms with Crippen molar-refractivity contribution >= 4 is 35.1 Å². The quantitative estimate of drug-likeness (QED) is 0.219. The van der Waals surface area contributed by atoms with Crippen LogP contribution in [0.2, 0.25) is 0 Å². The molecule has 1 spiro atoms. The number of ether oxygens (including phenoxy) is 2. The monoisotopic (exact) mass is 684 g/mol. The lowest BCUT2D eigenvalue weighted by atomic mass is 9.74. The number of anilines is 2. The van der Waals surface area contributed by atoms with Crippen LogP contribution in [0.4, 0.5) is 11.4 Å². The third-order valence-electron chi connectivity index (χ3n) is 10.4. The van der Waals surface area contributed by atoms with Gasteiger partial charge in [0.1, 0.15) is 18.2 Å². The van der Waals surface area contributed by atoms with Crippen LogP contribution in [0.1, 0.15) is 57.6 Å². The summed E-state index contributed by atoms with van der Waals surface area (Å²) in [7, 11) is 0. The molecule has 6 rings (SSSR count). The number of fused-ring (bicyclic) bond motifs is 2. The Balaban J connectivity index is 1.40. The van der Waals surface area contributed by atoms with E-state index in [0.29, 0.717) is 31.4 Å². The maximum atomic E-state index is 15.0. The van der Waals surface area contributed by atoms with Crippen LogP contribution in [0, 0.1) is 11.8 Å². The van der Waals surface area contributed by atoms with Gasteiger partial charge in [0.15, 0.2) is 0 Å². The molecule has 11 heteroatoms. The summed E-state index contributed by atoms with van der Waals surface area (Å²) in [5.74, 6) is -3.19. The molecule has 4 aliphatic rings. The Hall–Kier alpha value is -4.48. The molecule has 3 amide bonds. The number of allylic oxidation sites excluding steroid dienone is 1. The number of rotatable bonds is 10. The smallest absolute Gasteiger partial charge is 0.306 e. The second-order valence-electron chi connectivity index (χ2n) is 13.3. The fraction of sp³-hybridized carbons (Fsp3) is 0.487. The first-order valence-electron chi connectivity index (χ1n) is 17.9. The SMILES string of the molecule is CCN(CC)c1ccc(N2C/C=C\CCC(=O)OC[C@@H](c3ccccc3)NC(=O)[C@@H]3[C@@H]4C=C[C@]5(O4)[C@H](C2=O)N(CCCCCO)C(=O)[C@@H]35)cc1. The second-order valence-corrected chi connectivity index (χ2v) is 13.3. The normalized spacial score (nSPS) is 28.8. The molecule has 2 N–H and O–H groups in total. The van der Waals surface area contributed by atoms with Gasteiger partial charge in [-0.25, -0.2) is 0 Å². The van der Waals surface area contributed by atoms with Crippen molar-refractivity contribution in [3.8, 4) is 0 Å². The maximum Gasteiger partial charge on any atom is 0.306 e. The molecular weight excluding hydrogens is 636 g/mol. The van der Waals surface area contributed by atoms with Gasteiger partial charge in [-0.2, -0.15) is 0 Å². The van der Waals surface area contributed by atoms with Gasteiger partial charge in [-0.3, -0.25) is 19.2 Å². The molecule has 2 fully saturated rings. The summed E-state index contributed by atoms with van der Waals surface area (Å²) in [4.78, 5) is 62.1. The Kier molecular flexibility index (Phi) is 11.0. The molecule has 0 aliphatic carbocycles. The molecular formula is C39H48N4O7. The van der Waals surface area contributed by atoms with Gasteiger partial charge >= 0.3 is 5.97 Å². The largest absolute Gasteiger partial charge is 0.463 e. The summed E-state index contributed by atoms with van der Waals surface area (Å²) in [5.41, 5.74) is 1.13. The number of nitrogens with one attached hydrogen (secondary N) is 1. The fourth-order valence-electron chi connectivity index (χ4n) is 7.88. The van der Waals surface area contributed by atoms with Crippen molar-refractivity contribution < 1.29 is 33.8 Å². The molecule has 2 saturated heterocycles. The van der Waals surface area contributed by atoms with Crippen LogP contribution in [0.15, 0.2) is 78.9 Å². The minimum atomic E-state index is -1.33. The van der Waals surface area contributed by atoms with Gasteiger partial charge in [0, 0.05) is 50.6 Å². The first kappa shape index (κ1) is 35.3. The molecule has 5 bridgehead atoms. The third kappa shape index (κ3) is 6.81. The molecule has 2 aromatic carbocycles. The van der Waals surface area contributed by atoms with Gasteiger partial charge in [-0.05, 0) is 69.4 Å². The number of benzene rings is 2. The highest BCUT2D eigenvalue weighted by atomic mass is 16.5. The number of nitrogens with zero attached hydrogens (tertiary/aromatic N) is 3. The van der Waals surface area contributed by atoms with E-state index in [1.807, 2.05) is 72.8 Å². The molecule has 0 saturated carbocycles. The van der Waals surface area contributed by atoms with Crippen molar-refractivity contribution in [1.29, 1.82) is 0 Å². The highest BCUT2D eigenvalue weighted by molar-refractivity contribution is 6.05. The van der Waals surface area contributed by atoms with Crippen molar-refractivity contribution in [3.05, 3.63) is 84.5 Å². The number of cyclic esters (lactones) is 1.